The zero-order valence-corrected chi connectivity index (χ0v) is 16.1. The number of primary amides is 1. The molecular weight excluding hydrogens is 332 g/mol. The minimum Gasteiger partial charge on any atom is -0.444 e. The molecule has 26 heavy (non-hydrogen) atoms. The number of aryl methyl sites for hydroxylation is 1. The molecule has 1 unspecified atom stereocenters. The third-order valence-corrected chi connectivity index (χ3v) is 4.03. The van der Waals surface area contributed by atoms with E-state index in [4.69, 9.17) is 10.5 Å². The Hall–Kier alpha value is -2.57. The second kappa shape index (κ2) is 7.76. The molecular formula is C19H28N4O3. The summed E-state index contributed by atoms with van der Waals surface area (Å²) in [4.78, 5) is 27.8. The van der Waals surface area contributed by atoms with E-state index in [1.807, 2.05) is 57.4 Å². The van der Waals surface area contributed by atoms with Crippen LogP contribution in [0.25, 0.3) is 11.0 Å². The van der Waals surface area contributed by atoms with Gasteiger partial charge in [0.15, 0.2) is 0 Å². The molecule has 0 radical (unpaired) electrons. The first-order valence-corrected chi connectivity index (χ1v) is 8.85. The number of hydrogen-bond acceptors (Lipinski definition) is 4. The largest absolute Gasteiger partial charge is 0.444 e. The van der Waals surface area contributed by atoms with Crippen LogP contribution in [0.1, 0.15) is 46.0 Å². The number of fused-ring (bicyclic) bond motifs is 1. The summed E-state index contributed by atoms with van der Waals surface area (Å²) in [5.41, 5.74) is 7.68. The second-order valence-electron chi connectivity index (χ2n) is 7.46. The Morgan fingerprint density at radius 2 is 2.04 bits per heavy atom. The van der Waals surface area contributed by atoms with Gasteiger partial charge in [0.05, 0.1) is 17.6 Å². The minimum absolute atomic E-state index is 0.223. The zero-order valence-electron chi connectivity index (χ0n) is 16.1. The molecule has 0 saturated heterocycles. The van der Waals surface area contributed by atoms with Crippen LogP contribution < -0.4 is 11.1 Å². The molecule has 0 saturated carbocycles. The Kier molecular flexibility index (Phi) is 5.90. The van der Waals surface area contributed by atoms with Crippen LogP contribution >= 0.6 is 0 Å². The summed E-state index contributed by atoms with van der Waals surface area (Å²) in [7, 11) is 0. The van der Waals surface area contributed by atoms with E-state index in [1.54, 1.807) is 0 Å². The molecule has 3 N–H and O–H groups in total. The van der Waals surface area contributed by atoms with Crippen LogP contribution in [0.2, 0.25) is 0 Å². The number of carbonyl (C=O) groups excluding carboxylic acids is 2. The van der Waals surface area contributed by atoms with Crippen LogP contribution in [-0.2, 0) is 29.0 Å². The molecule has 2 rings (SSSR count). The molecule has 0 aliphatic heterocycles. The van der Waals surface area contributed by atoms with Gasteiger partial charge in [-0.1, -0.05) is 13.0 Å². The number of nitrogens with two attached hydrogens (primary N) is 1. The van der Waals surface area contributed by atoms with Crippen molar-refractivity contribution in [3.63, 3.8) is 0 Å². The maximum absolute atomic E-state index is 11.9. The normalized spacial score (nSPS) is 12.8. The maximum Gasteiger partial charge on any atom is 0.408 e. The summed E-state index contributed by atoms with van der Waals surface area (Å²) >= 11 is 0. The first-order chi connectivity index (χ1) is 12.1. The fourth-order valence-electron chi connectivity index (χ4n) is 2.75. The standard InChI is InChI=1S/C19H28N4O3/c1-6-23-15-10-13(9-12(2)17(20)24)7-8-14(15)22-16(23)11-21-18(25)26-19(3,4)5/h7-8,10,12H,6,9,11H2,1-5H3,(H2,20,24)(H,21,25). The average molecular weight is 360 g/mol. The van der Waals surface area contributed by atoms with E-state index in [-0.39, 0.29) is 18.4 Å². The van der Waals surface area contributed by atoms with Crippen molar-refractivity contribution in [1.29, 1.82) is 0 Å². The molecule has 0 fully saturated rings. The lowest BCUT2D eigenvalue weighted by molar-refractivity contribution is -0.121. The number of carbonyl (C=O) groups is 2. The summed E-state index contributed by atoms with van der Waals surface area (Å²) < 4.78 is 7.31. The van der Waals surface area contributed by atoms with Crippen molar-refractivity contribution in [2.75, 3.05) is 0 Å². The van der Waals surface area contributed by atoms with Crippen molar-refractivity contribution < 1.29 is 14.3 Å². The molecule has 142 valence electrons. The molecule has 1 aromatic carbocycles. The lowest BCUT2D eigenvalue weighted by Gasteiger charge is -2.19. The summed E-state index contributed by atoms with van der Waals surface area (Å²) in [6.45, 7) is 10.3. The van der Waals surface area contributed by atoms with Crippen LogP contribution in [0.4, 0.5) is 4.79 Å². The van der Waals surface area contributed by atoms with E-state index >= 15 is 0 Å². The monoisotopic (exact) mass is 360 g/mol. The lowest BCUT2D eigenvalue weighted by Crippen LogP contribution is -2.32. The highest BCUT2D eigenvalue weighted by atomic mass is 16.6. The fraction of sp³-hybridized carbons (Fsp3) is 0.526. The highest BCUT2D eigenvalue weighted by Crippen LogP contribution is 2.20. The number of amides is 2. The number of benzene rings is 1. The SMILES string of the molecule is CCn1c(CNC(=O)OC(C)(C)C)nc2ccc(CC(C)C(N)=O)cc21. The Morgan fingerprint density at radius 3 is 2.62 bits per heavy atom. The van der Waals surface area contributed by atoms with E-state index in [0.29, 0.717) is 6.42 Å². The van der Waals surface area contributed by atoms with Gasteiger partial charge in [-0.25, -0.2) is 9.78 Å². The van der Waals surface area contributed by atoms with Gasteiger partial charge in [-0.3, -0.25) is 4.79 Å². The van der Waals surface area contributed by atoms with Crippen LogP contribution in [-0.4, -0.2) is 27.2 Å². The van der Waals surface area contributed by atoms with Crippen LogP contribution in [0.5, 0.6) is 0 Å². The van der Waals surface area contributed by atoms with Crippen molar-refractivity contribution in [2.45, 2.75) is 59.7 Å². The van der Waals surface area contributed by atoms with E-state index in [2.05, 4.69) is 10.3 Å². The van der Waals surface area contributed by atoms with E-state index in [0.717, 1.165) is 29.0 Å². The van der Waals surface area contributed by atoms with Gasteiger partial charge in [0.25, 0.3) is 0 Å². The third-order valence-electron chi connectivity index (χ3n) is 4.03. The van der Waals surface area contributed by atoms with Gasteiger partial charge >= 0.3 is 6.09 Å². The van der Waals surface area contributed by atoms with Crippen LogP contribution in [0, 0.1) is 5.92 Å². The molecule has 1 aromatic heterocycles. The Labute approximate surface area is 153 Å². The minimum atomic E-state index is -0.541. The van der Waals surface area contributed by atoms with Crippen molar-refractivity contribution >= 4 is 23.0 Å². The number of aromatic nitrogens is 2. The molecule has 0 spiro atoms. The summed E-state index contributed by atoms with van der Waals surface area (Å²) in [6, 6.07) is 5.92. The van der Waals surface area contributed by atoms with Gasteiger partial charge in [-0.15, -0.1) is 0 Å². The summed E-state index contributed by atoms with van der Waals surface area (Å²) in [6.07, 6.45) is 0.120. The van der Waals surface area contributed by atoms with E-state index < -0.39 is 11.7 Å². The number of alkyl carbamates (subject to hydrolysis) is 1. The molecule has 1 atom stereocenters. The third kappa shape index (κ3) is 4.97. The van der Waals surface area contributed by atoms with Gasteiger partial charge in [-0.05, 0) is 51.8 Å². The second-order valence-corrected chi connectivity index (χ2v) is 7.46. The fourth-order valence-corrected chi connectivity index (χ4v) is 2.75. The Morgan fingerprint density at radius 1 is 1.35 bits per heavy atom. The van der Waals surface area contributed by atoms with Crippen molar-refractivity contribution in [3.05, 3.63) is 29.6 Å². The first kappa shape index (κ1) is 19.8. The lowest BCUT2D eigenvalue weighted by atomic mass is 10.0. The molecule has 0 bridgehead atoms. The summed E-state index contributed by atoms with van der Waals surface area (Å²) in [5.74, 6) is 0.226. The molecule has 0 aliphatic rings. The van der Waals surface area contributed by atoms with Crippen molar-refractivity contribution in [1.82, 2.24) is 14.9 Å². The van der Waals surface area contributed by atoms with Crippen LogP contribution in [0.3, 0.4) is 0 Å². The van der Waals surface area contributed by atoms with Gasteiger partial charge in [-0.2, -0.15) is 0 Å². The van der Waals surface area contributed by atoms with Crippen molar-refractivity contribution in [3.8, 4) is 0 Å². The predicted molar refractivity (Wildman–Crippen MR) is 101 cm³/mol. The number of nitrogens with zero attached hydrogens (tertiary/aromatic N) is 2. The highest BCUT2D eigenvalue weighted by molar-refractivity contribution is 5.79. The first-order valence-electron chi connectivity index (χ1n) is 8.85. The number of nitrogens with one attached hydrogen (secondary N) is 1. The predicted octanol–water partition coefficient (Wildman–Crippen LogP) is 2.74. The molecule has 2 amide bonds. The number of hydrogen-bond donors (Lipinski definition) is 2. The Balaban J connectivity index is 2.20. The van der Waals surface area contributed by atoms with Gasteiger partial charge in [0.1, 0.15) is 11.4 Å². The topological polar surface area (TPSA) is 99.2 Å². The molecule has 7 nitrogen and oxygen atoms in total. The number of rotatable bonds is 6. The molecule has 7 heteroatoms. The number of imidazole rings is 1. The van der Waals surface area contributed by atoms with Crippen LogP contribution in [0.15, 0.2) is 18.2 Å². The summed E-state index contributed by atoms with van der Waals surface area (Å²) in [5, 5.41) is 2.75. The highest BCUT2D eigenvalue weighted by Gasteiger charge is 2.17. The smallest absolute Gasteiger partial charge is 0.408 e. The van der Waals surface area contributed by atoms with E-state index in [9.17, 15) is 9.59 Å². The van der Waals surface area contributed by atoms with Gasteiger partial charge in [0, 0.05) is 12.5 Å². The molecule has 2 aromatic rings. The van der Waals surface area contributed by atoms with E-state index in [1.165, 1.54) is 0 Å². The average Bonchev–Trinajstić information content (AvgIpc) is 2.88. The Bertz CT molecular complexity index is 805. The van der Waals surface area contributed by atoms with Crippen molar-refractivity contribution in [2.24, 2.45) is 11.7 Å². The quantitative estimate of drug-likeness (QED) is 0.827. The zero-order chi connectivity index (χ0) is 19.5. The molecule has 1 heterocycles. The number of ether oxygens (including phenoxy) is 1. The van der Waals surface area contributed by atoms with Gasteiger partial charge < -0.3 is 20.4 Å². The maximum atomic E-state index is 11.9. The van der Waals surface area contributed by atoms with Gasteiger partial charge in [0.2, 0.25) is 5.91 Å². The molecule has 0 aliphatic carbocycles.